The first-order valence-corrected chi connectivity index (χ1v) is 9.93. The van der Waals surface area contributed by atoms with Crippen LogP contribution in [0.1, 0.15) is 26.3 Å². The molecule has 0 saturated carbocycles. The molecule has 142 valence electrons. The topological polar surface area (TPSA) is 73.0 Å². The van der Waals surface area contributed by atoms with Gasteiger partial charge in [0.25, 0.3) is 0 Å². The fraction of sp³-hybridized carbons (Fsp3) is 0.350. The van der Waals surface area contributed by atoms with Crippen molar-refractivity contribution in [2.24, 2.45) is 5.92 Å². The van der Waals surface area contributed by atoms with Gasteiger partial charge in [-0.3, -0.25) is 9.36 Å². The highest BCUT2D eigenvalue weighted by molar-refractivity contribution is 8.00. The van der Waals surface area contributed by atoms with Crippen LogP contribution >= 0.6 is 11.8 Å². The van der Waals surface area contributed by atoms with Gasteiger partial charge in [-0.05, 0) is 30.5 Å². The predicted molar refractivity (Wildman–Crippen MR) is 106 cm³/mol. The number of nitrogens with one attached hydrogen (secondary N) is 1. The molecule has 0 aliphatic carbocycles. The Kier molecular flexibility index (Phi) is 6.34. The van der Waals surface area contributed by atoms with Crippen molar-refractivity contribution in [1.82, 2.24) is 20.1 Å². The van der Waals surface area contributed by atoms with Gasteiger partial charge in [-0.2, -0.15) is 0 Å². The Morgan fingerprint density at radius 3 is 2.59 bits per heavy atom. The molecule has 0 aliphatic heterocycles. The zero-order valence-corrected chi connectivity index (χ0v) is 16.6. The molecule has 0 fully saturated rings. The summed E-state index contributed by atoms with van der Waals surface area (Å²) >= 11 is 1.45. The fourth-order valence-corrected chi connectivity index (χ4v) is 3.86. The zero-order chi connectivity index (χ0) is 19.2. The second-order valence-corrected chi connectivity index (χ2v) is 7.62. The van der Waals surface area contributed by atoms with Crippen LogP contribution in [0.4, 0.5) is 0 Å². The van der Waals surface area contributed by atoms with Crippen molar-refractivity contribution in [3.8, 4) is 11.6 Å². The molecule has 3 rings (SSSR count). The Labute approximate surface area is 163 Å². The fourth-order valence-electron chi connectivity index (χ4n) is 2.74. The standard InChI is InChI=1S/C20H24N4O2S/c1-4-24-18(16-11-8-12-26-16)22-23-20(24)27-17(14(2)3)19(25)21-13-15-9-6-5-7-10-15/h5-12,14,17H,4,13H2,1-3H3,(H,21,25). The Bertz CT molecular complexity index is 860. The number of carbonyl (C=O) groups excluding carboxylic acids is 1. The van der Waals surface area contributed by atoms with Crippen LogP contribution in [0.15, 0.2) is 58.3 Å². The summed E-state index contributed by atoms with van der Waals surface area (Å²) in [5.74, 6) is 1.51. The number of rotatable bonds is 8. The van der Waals surface area contributed by atoms with Gasteiger partial charge < -0.3 is 9.73 Å². The molecule has 2 aromatic heterocycles. The molecule has 0 radical (unpaired) electrons. The van der Waals surface area contributed by atoms with Gasteiger partial charge in [-0.1, -0.05) is 55.9 Å². The molecule has 6 nitrogen and oxygen atoms in total. The number of carbonyl (C=O) groups is 1. The maximum atomic E-state index is 12.8. The van der Waals surface area contributed by atoms with Crippen LogP contribution in [0.5, 0.6) is 0 Å². The van der Waals surface area contributed by atoms with Crippen LogP contribution < -0.4 is 5.32 Å². The molecule has 1 unspecified atom stereocenters. The summed E-state index contributed by atoms with van der Waals surface area (Å²) in [7, 11) is 0. The van der Waals surface area contributed by atoms with E-state index >= 15 is 0 Å². The van der Waals surface area contributed by atoms with Gasteiger partial charge in [-0.15, -0.1) is 10.2 Å². The summed E-state index contributed by atoms with van der Waals surface area (Å²) < 4.78 is 7.43. The number of hydrogen-bond donors (Lipinski definition) is 1. The third-order valence-corrected chi connectivity index (χ3v) is 5.71. The third-order valence-electron chi connectivity index (χ3n) is 4.18. The highest BCUT2D eigenvalue weighted by Crippen LogP contribution is 2.30. The minimum atomic E-state index is -0.257. The molecular formula is C20H24N4O2S. The summed E-state index contributed by atoms with van der Waals surface area (Å²) in [5, 5.41) is 12.1. The van der Waals surface area contributed by atoms with Gasteiger partial charge >= 0.3 is 0 Å². The number of benzene rings is 1. The van der Waals surface area contributed by atoms with E-state index in [-0.39, 0.29) is 17.1 Å². The van der Waals surface area contributed by atoms with E-state index in [1.165, 1.54) is 11.8 Å². The second kappa shape index (κ2) is 8.90. The van der Waals surface area contributed by atoms with Crippen molar-refractivity contribution in [3.05, 3.63) is 54.3 Å². The van der Waals surface area contributed by atoms with Crippen LogP contribution in [-0.4, -0.2) is 25.9 Å². The van der Waals surface area contributed by atoms with E-state index in [4.69, 9.17) is 4.42 Å². The molecular weight excluding hydrogens is 360 g/mol. The van der Waals surface area contributed by atoms with Crippen molar-refractivity contribution < 1.29 is 9.21 Å². The maximum Gasteiger partial charge on any atom is 0.234 e. The maximum absolute atomic E-state index is 12.8. The lowest BCUT2D eigenvalue weighted by Gasteiger charge is -2.19. The Hall–Kier alpha value is -2.54. The van der Waals surface area contributed by atoms with E-state index in [1.807, 2.05) is 67.8 Å². The molecule has 0 aliphatic rings. The lowest BCUT2D eigenvalue weighted by molar-refractivity contribution is -0.121. The molecule has 0 spiro atoms. The van der Waals surface area contributed by atoms with Crippen molar-refractivity contribution in [2.75, 3.05) is 0 Å². The third kappa shape index (κ3) is 4.60. The van der Waals surface area contributed by atoms with Crippen LogP contribution in [0.3, 0.4) is 0 Å². The molecule has 2 heterocycles. The van der Waals surface area contributed by atoms with Crippen LogP contribution in [0, 0.1) is 5.92 Å². The average Bonchev–Trinajstić information content (AvgIpc) is 3.33. The highest BCUT2D eigenvalue weighted by Gasteiger charge is 2.27. The minimum absolute atomic E-state index is 0.00375. The van der Waals surface area contributed by atoms with E-state index in [2.05, 4.69) is 15.5 Å². The number of furan rings is 1. The number of hydrogen-bond acceptors (Lipinski definition) is 5. The number of amides is 1. The van der Waals surface area contributed by atoms with E-state index < -0.39 is 0 Å². The smallest absolute Gasteiger partial charge is 0.234 e. The molecule has 0 bridgehead atoms. The van der Waals surface area contributed by atoms with Crippen LogP contribution in [0.25, 0.3) is 11.6 Å². The molecule has 3 aromatic rings. The molecule has 1 atom stereocenters. The van der Waals surface area contributed by atoms with Crippen molar-refractivity contribution in [3.63, 3.8) is 0 Å². The lowest BCUT2D eigenvalue weighted by Crippen LogP contribution is -2.35. The quantitative estimate of drug-likeness (QED) is 0.595. The van der Waals surface area contributed by atoms with E-state index in [1.54, 1.807) is 6.26 Å². The number of aromatic nitrogens is 3. The summed E-state index contributed by atoms with van der Waals surface area (Å²) in [6.07, 6.45) is 1.62. The monoisotopic (exact) mass is 384 g/mol. The summed E-state index contributed by atoms with van der Waals surface area (Å²) in [6, 6.07) is 13.6. The van der Waals surface area contributed by atoms with E-state index in [0.717, 1.165) is 10.7 Å². The minimum Gasteiger partial charge on any atom is -0.461 e. The van der Waals surface area contributed by atoms with Crippen molar-refractivity contribution >= 4 is 17.7 Å². The SMILES string of the molecule is CCn1c(SC(C(=O)NCc2ccccc2)C(C)C)nnc1-c1ccco1. The first kappa shape index (κ1) is 19.2. The molecule has 1 N–H and O–H groups in total. The first-order chi connectivity index (χ1) is 13.1. The van der Waals surface area contributed by atoms with Crippen molar-refractivity contribution in [2.45, 2.75) is 44.3 Å². The molecule has 7 heteroatoms. The van der Waals surface area contributed by atoms with E-state index in [9.17, 15) is 4.79 Å². The lowest BCUT2D eigenvalue weighted by atomic mass is 10.1. The second-order valence-electron chi connectivity index (χ2n) is 6.51. The average molecular weight is 385 g/mol. The van der Waals surface area contributed by atoms with Crippen LogP contribution in [0.2, 0.25) is 0 Å². The molecule has 0 saturated heterocycles. The summed E-state index contributed by atoms with van der Waals surface area (Å²) in [4.78, 5) is 12.8. The molecule has 1 amide bonds. The van der Waals surface area contributed by atoms with Gasteiger partial charge in [0.15, 0.2) is 16.7 Å². The van der Waals surface area contributed by atoms with Gasteiger partial charge in [0.1, 0.15) is 0 Å². The Balaban J connectivity index is 1.73. The van der Waals surface area contributed by atoms with Gasteiger partial charge in [0.2, 0.25) is 5.91 Å². The normalized spacial score (nSPS) is 12.3. The highest BCUT2D eigenvalue weighted by atomic mass is 32.2. The zero-order valence-electron chi connectivity index (χ0n) is 15.8. The van der Waals surface area contributed by atoms with Gasteiger partial charge in [0.05, 0.1) is 11.5 Å². The first-order valence-electron chi connectivity index (χ1n) is 9.05. The number of thioether (sulfide) groups is 1. The van der Waals surface area contributed by atoms with Crippen molar-refractivity contribution in [1.29, 1.82) is 0 Å². The number of nitrogens with zero attached hydrogens (tertiary/aromatic N) is 3. The van der Waals surface area contributed by atoms with Gasteiger partial charge in [0, 0.05) is 13.1 Å². The molecule has 27 heavy (non-hydrogen) atoms. The summed E-state index contributed by atoms with van der Waals surface area (Å²) in [6.45, 7) is 7.32. The predicted octanol–water partition coefficient (Wildman–Crippen LogP) is 3.99. The largest absolute Gasteiger partial charge is 0.461 e. The molecule has 1 aromatic carbocycles. The van der Waals surface area contributed by atoms with E-state index in [0.29, 0.717) is 24.7 Å². The summed E-state index contributed by atoms with van der Waals surface area (Å²) in [5.41, 5.74) is 1.08. The van der Waals surface area contributed by atoms with Gasteiger partial charge in [-0.25, -0.2) is 0 Å². The Morgan fingerprint density at radius 2 is 1.96 bits per heavy atom. The van der Waals surface area contributed by atoms with Crippen LogP contribution in [-0.2, 0) is 17.9 Å². The Morgan fingerprint density at radius 1 is 1.19 bits per heavy atom.